The first-order valence-corrected chi connectivity index (χ1v) is 4.44. The number of anilines is 1. The number of hydrogen-bond acceptors (Lipinski definition) is 4. The van der Waals surface area contributed by atoms with Crippen molar-refractivity contribution in [3.8, 4) is 5.88 Å². The molecule has 0 saturated carbocycles. The second-order valence-electron chi connectivity index (χ2n) is 2.91. The topological polar surface area (TPSA) is 98.0 Å². The van der Waals surface area contributed by atoms with Gasteiger partial charge in [0, 0.05) is 6.54 Å². The smallest absolute Gasteiger partial charge is 0.328 e. The fourth-order valence-corrected chi connectivity index (χ4v) is 1.03. The van der Waals surface area contributed by atoms with Crippen LogP contribution in [0.1, 0.15) is 19.8 Å². The minimum absolute atomic E-state index is 0.0121. The Labute approximate surface area is 80.0 Å². The molecular formula is C8H13N3O3. The van der Waals surface area contributed by atoms with Crippen LogP contribution >= 0.6 is 0 Å². The van der Waals surface area contributed by atoms with Crippen molar-refractivity contribution >= 4 is 5.69 Å². The minimum atomic E-state index is -0.714. The Morgan fingerprint density at radius 2 is 2.07 bits per heavy atom. The number of rotatable bonds is 4. The van der Waals surface area contributed by atoms with Gasteiger partial charge in [0.1, 0.15) is 0 Å². The average molecular weight is 199 g/mol. The summed E-state index contributed by atoms with van der Waals surface area (Å²) in [6.45, 7) is 2.60. The van der Waals surface area contributed by atoms with Gasteiger partial charge in [-0.05, 0) is 6.42 Å². The monoisotopic (exact) mass is 199 g/mol. The zero-order valence-corrected chi connectivity index (χ0v) is 7.89. The van der Waals surface area contributed by atoms with E-state index < -0.39 is 17.1 Å². The zero-order chi connectivity index (χ0) is 10.6. The molecule has 1 aromatic heterocycles. The maximum absolute atomic E-state index is 11.2. The fraction of sp³-hybridized carbons (Fsp3) is 0.500. The molecule has 0 unspecified atom stereocenters. The molecule has 0 bridgehead atoms. The summed E-state index contributed by atoms with van der Waals surface area (Å²) in [4.78, 5) is 26.0. The molecule has 6 heteroatoms. The lowest BCUT2D eigenvalue weighted by Gasteiger charge is -2.04. The van der Waals surface area contributed by atoms with E-state index in [2.05, 4.69) is 10.3 Å². The molecule has 0 fully saturated rings. The highest BCUT2D eigenvalue weighted by atomic mass is 16.3. The molecule has 1 rings (SSSR count). The summed E-state index contributed by atoms with van der Waals surface area (Å²) < 4.78 is 0. The third kappa shape index (κ3) is 2.38. The number of aromatic amines is 2. The van der Waals surface area contributed by atoms with Crippen molar-refractivity contribution in [1.82, 2.24) is 9.97 Å². The van der Waals surface area contributed by atoms with E-state index in [1.165, 1.54) is 0 Å². The normalized spacial score (nSPS) is 10.1. The Bertz CT molecular complexity index is 407. The van der Waals surface area contributed by atoms with Crippen molar-refractivity contribution in [2.45, 2.75) is 19.8 Å². The molecule has 4 N–H and O–H groups in total. The third-order valence-electron chi connectivity index (χ3n) is 1.75. The van der Waals surface area contributed by atoms with Crippen molar-refractivity contribution in [2.24, 2.45) is 0 Å². The first-order valence-electron chi connectivity index (χ1n) is 4.44. The predicted molar refractivity (Wildman–Crippen MR) is 52.7 cm³/mol. The Morgan fingerprint density at radius 3 is 2.64 bits per heavy atom. The zero-order valence-electron chi connectivity index (χ0n) is 7.89. The van der Waals surface area contributed by atoms with Gasteiger partial charge in [-0.15, -0.1) is 0 Å². The Kier molecular flexibility index (Phi) is 3.33. The highest BCUT2D eigenvalue weighted by Crippen LogP contribution is 2.10. The van der Waals surface area contributed by atoms with Crippen molar-refractivity contribution in [2.75, 3.05) is 11.9 Å². The van der Waals surface area contributed by atoms with Crippen LogP contribution in [-0.4, -0.2) is 21.6 Å². The molecule has 0 aromatic carbocycles. The molecule has 0 aliphatic rings. The first kappa shape index (κ1) is 10.4. The molecule has 6 nitrogen and oxygen atoms in total. The van der Waals surface area contributed by atoms with E-state index in [9.17, 15) is 14.7 Å². The number of unbranched alkanes of at least 4 members (excludes halogenated alkanes) is 1. The molecule has 0 aliphatic heterocycles. The highest BCUT2D eigenvalue weighted by Gasteiger charge is 2.06. The number of hydrogen-bond donors (Lipinski definition) is 4. The van der Waals surface area contributed by atoms with Gasteiger partial charge < -0.3 is 10.4 Å². The summed E-state index contributed by atoms with van der Waals surface area (Å²) in [5.41, 5.74) is -1.31. The predicted octanol–water partition coefficient (Wildman–Crippen LogP) is -0.0192. The van der Waals surface area contributed by atoms with Crippen molar-refractivity contribution in [1.29, 1.82) is 0 Å². The molecule has 1 aromatic rings. The van der Waals surface area contributed by atoms with E-state index in [0.717, 1.165) is 12.8 Å². The van der Waals surface area contributed by atoms with Gasteiger partial charge in [0.2, 0.25) is 5.88 Å². The molecular weight excluding hydrogens is 186 g/mol. The summed E-state index contributed by atoms with van der Waals surface area (Å²) >= 11 is 0. The largest absolute Gasteiger partial charge is 0.493 e. The van der Waals surface area contributed by atoms with E-state index in [1.807, 2.05) is 11.9 Å². The Balaban J connectivity index is 2.86. The molecule has 1 heterocycles. The van der Waals surface area contributed by atoms with Crippen LogP contribution in [0.3, 0.4) is 0 Å². The van der Waals surface area contributed by atoms with Crippen molar-refractivity contribution < 1.29 is 5.11 Å². The molecule has 0 spiro atoms. The van der Waals surface area contributed by atoms with Gasteiger partial charge in [0.05, 0.1) is 0 Å². The fourth-order valence-electron chi connectivity index (χ4n) is 1.03. The summed E-state index contributed by atoms with van der Waals surface area (Å²) in [6.07, 6.45) is 1.87. The molecule has 0 atom stereocenters. The van der Waals surface area contributed by atoms with Crippen LogP contribution in [0.2, 0.25) is 0 Å². The average Bonchev–Trinajstić information content (AvgIpc) is 2.09. The van der Waals surface area contributed by atoms with Crippen LogP contribution in [-0.2, 0) is 0 Å². The summed E-state index contributed by atoms with van der Waals surface area (Å²) in [7, 11) is 0. The van der Waals surface area contributed by atoms with Gasteiger partial charge in [-0.3, -0.25) is 14.8 Å². The van der Waals surface area contributed by atoms with Crippen LogP contribution in [0, 0.1) is 0 Å². The lowest BCUT2D eigenvalue weighted by Crippen LogP contribution is -2.25. The molecule has 0 radical (unpaired) electrons. The standard InChI is InChI=1S/C8H13N3O3/c1-2-3-4-9-5-6(12)10-8(14)11-7(5)13/h9H,2-4H2,1H3,(H3,10,11,12,13,14). The van der Waals surface area contributed by atoms with Gasteiger partial charge in [0.25, 0.3) is 5.56 Å². The van der Waals surface area contributed by atoms with E-state index in [4.69, 9.17) is 0 Å². The third-order valence-corrected chi connectivity index (χ3v) is 1.75. The van der Waals surface area contributed by atoms with E-state index in [-0.39, 0.29) is 5.69 Å². The number of aromatic hydroxyl groups is 1. The van der Waals surface area contributed by atoms with Gasteiger partial charge in [-0.25, -0.2) is 4.79 Å². The van der Waals surface area contributed by atoms with E-state index in [1.54, 1.807) is 0 Å². The SMILES string of the molecule is CCCCNc1c(O)[nH]c(=O)[nH]c1=O. The number of nitrogens with one attached hydrogen (secondary N) is 3. The lowest BCUT2D eigenvalue weighted by atomic mass is 10.3. The van der Waals surface area contributed by atoms with E-state index >= 15 is 0 Å². The second kappa shape index (κ2) is 4.50. The van der Waals surface area contributed by atoms with Gasteiger partial charge in [0.15, 0.2) is 5.69 Å². The first-order chi connectivity index (χ1) is 6.65. The quantitative estimate of drug-likeness (QED) is 0.512. The Morgan fingerprint density at radius 1 is 1.36 bits per heavy atom. The van der Waals surface area contributed by atoms with E-state index in [0.29, 0.717) is 6.54 Å². The summed E-state index contributed by atoms with van der Waals surface area (Å²) in [6, 6.07) is 0. The van der Waals surface area contributed by atoms with Crippen LogP contribution in [0.5, 0.6) is 5.88 Å². The molecule has 14 heavy (non-hydrogen) atoms. The molecule has 0 aliphatic carbocycles. The number of aromatic nitrogens is 2. The van der Waals surface area contributed by atoms with Gasteiger partial charge in [-0.2, -0.15) is 0 Å². The molecule has 0 saturated heterocycles. The maximum Gasteiger partial charge on any atom is 0.328 e. The summed E-state index contributed by atoms with van der Waals surface area (Å²) in [5.74, 6) is -0.421. The van der Waals surface area contributed by atoms with Crippen LogP contribution < -0.4 is 16.6 Å². The second-order valence-corrected chi connectivity index (χ2v) is 2.91. The Hall–Kier alpha value is -1.72. The lowest BCUT2D eigenvalue weighted by molar-refractivity contribution is 0.450. The van der Waals surface area contributed by atoms with Gasteiger partial charge in [-0.1, -0.05) is 13.3 Å². The minimum Gasteiger partial charge on any atom is -0.493 e. The molecule has 78 valence electrons. The summed E-state index contributed by atoms with van der Waals surface area (Å²) in [5, 5.41) is 12.0. The number of H-pyrrole nitrogens is 2. The van der Waals surface area contributed by atoms with Crippen LogP contribution in [0.4, 0.5) is 5.69 Å². The van der Waals surface area contributed by atoms with Crippen LogP contribution in [0.15, 0.2) is 9.59 Å². The molecule has 0 amide bonds. The highest BCUT2D eigenvalue weighted by molar-refractivity contribution is 5.48. The van der Waals surface area contributed by atoms with Crippen molar-refractivity contribution in [3.05, 3.63) is 20.8 Å². The maximum atomic E-state index is 11.2. The van der Waals surface area contributed by atoms with Gasteiger partial charge >= 0.3 is 5.69 Å². The van der Waals surface area contributed by atoms with Crippen LogP contribution in [0.25, 0.3) is 0 Å². The van der Waals surface area contributed by atoms with Crippen molar-refractivity contribution in [3.63, 3.8) is 0 Å².